The molecule has 17 heavy (non-hydrogen) atoms. The van der Waals surface area contributed by atoms with Crippen LogP contribution in [0.1, 0.15) is 72.6 Å². The van der Waals surface area contributed by atoms with Crippen LogP contribution in [0.25, 0.3) is 0 Å². The molecule has 1 fully saturated rings. The van der Waals surface area contributed by atoms with E-state index in [0.717, 1.165) is 12.8 Å². The predicted molar refractivity (Wildman–Crippen MR) is 70.8 cm³/mol. The molecule has 0 radical (unpaired) electrons. The Morgan fingerprint density at radius 2 is 1.71 bits per heavy atom. The van der Waals surface area contributed by atoms with E-state index >= 15 is 0 Å². The maximum absolute atomic E-state index is 11.9. The standard InChI is InChI=1S/C15H28O2/c1-5-15(6-2,17-14(16)12(3)4)13-10-8-7-9-11-13/h12-13H,5-11H2,1-4H3. The van der Waals surface area contributed by atoms with Gasteiger partial charge in [-0.15, -0.1) is 0 Å². The first-order valence-electron chi connectivity index (χ1n) is 7.28. The Labute approximate surface area is 106 Å². The molecule has 2 heteroatoms. The summed E-state index contributed by atoms with van der Waals surface area (Å²) in [5, 5.41) is 0. The van der Waals surface area contributed by atoms with Gasteiger partial charge in [0, 0.05) is 0 Å². The number of carbonyl (C=O) groups excluding carboxylic acids is 1. The Morgan fingerprint density at radius 1 is 1.18 bits per heavy atom. The highest BCUT2D eigenvalue weighted by Crippen LogP contribution is 2.39. The normalized spacial score (nSPS) is 18.4. The highest BCUT2D eigenvalue weighted by atomic mass is 16.6. The molecule has 0 amide bonds. The summed E-state index contributed by atoms with van der Waals surface area (Å²) in [6, 6.07) is 0. The van der Waals surface area contributed by atoms with Gasteiger partial charge in [-0.1, -0.05) is 47.0 Å². The molecule has 0 aliphatic heterocycles. The Kier molecular flexibility index (Phi) is 5.48. The van der Waals surface area contributed by atoms with Gasteiger partial charge in [0.15, 0.2) is 0 Å². The van der Waals surface area contributed by atoms with Crippen LogP contribution in [0, 0.1) is 11.8 Å². The first kappa shape index (κ1) is 14.5. The van der Waals surface area contributed by atoms with Crippen LogP contribution in [0.15, 0.2) is 0 Å². The SMILES string of the molecule is CCC(CC)(OC(=O)C(C)C)C1CCCCC1. The van der Waals surface area contributed by atoms with Crippen LogP contribution in [0.4, 0.5) is 0 Å². The molecule has 1 aliphatic carbocycles. The van der Waals surface area contributed by atoms with Gasteiger partial charge in [-0.2, -0.15) is 0 Å². The zero-order valence-electron chi connectivity index (χ0n) is 11.9. The van der Waals surface area contributed by atoms with Crippen molar-refractivity contribution < 1.29 is 9.53 Å². The molecule has 0 N–H and O–H groups in total. The first-order valence-corrected chi connectivity index (χ1v) is 7.28. The van der Waals surface area contributed by atoms with E-state index in [0.29, 0.717) is 5.92 Å². The molecule has 1 aliphatic rings. The molecule has 0 unspecified atom stereocenters. The van der Waals surface area contributed by atoms with Crippen LogP contribution >= 0.6 is 0 Å². The van der Waals surface area contributed by atoms with Crippen molar-refractivity contribution in [1.82, 2.24) is 0 Å². The lowest BCUT2D eigenvalue weighted by molar-refractivity contribution is -0.173. The number of esters is 1. The molecule has 0 saturated heterocycles. The maximum Gasteiger partial charge on any atom is 0.308 e. The van der Waals surface area contributed by atoms with E-state index in [1.807, 2.05) is 13.8 Å². The lowest BCUT2D eigenvalue weighted by Gasteiger charge is -2.41. The summed E-state index contributed by atoms with van der Waals surface area (Å²) in [6.45, 7) is 8.15. The number of carbonyl (C=O) groups is 1. The van der Waals surface area contributed by atoms with Crippen LogP contribution in [0.5, 0.6) is 0 Å². The molecular weight excluding hydrogens is 212 g/mol. The van der Waals surface area contributed by atoms with Crippen molar-refractivity contribution in [3.05, 3.63) is 0 Å². The molecule has 2 nitrogen and oxygen atoms in total. The van der Waals surface area contributed by atoms with Crippen molar-refractivity contribution in [2.24, 2.45) is 11.8 Å². The van der Waals surface area contributed by atoms with Gasteiger partial charge < -0.3 is 4.74 Å². The van der Waals surface area contributed by atoms with Crippen molar-refractivity contribution in [2.75, 3.05) is 0 Å². The van der Waals surface area contributed by atoms with Gasteiger partial charge in [-0.05, 0) is 31.6 Å². The van der Waals surface area contributed by atoms with Crippen LogP contribution in [0.3, 0.4) is 0 Å². The summed E-state index contributed by atoms with van der Waals surface area (Å²) in [5.41, 5.74) is -0.193. The molecule has 0 aromatic heterocycles. The molecule has 1 saturated carbocycles. The molecule has 0 bridgehead atoms. The fourth-order valence-electron chi connectivity index (χ4n) is 3.00. The zero-order chi connectivity index (χ0) is 12.9. The first-order chi connectivity index (χ1) is 8.05. The second-order valence-corrected chi connectivity index (χ2v) is 5.68. The average Bonchev–Trinajstić information content (AvgIpc) is 2.36. The van der Waals surface area contributed by atoms with E-state index in [9.17, 15) is 4.79 Å². The Balaban J connectivity index is 2.75. The maximum atomic E-state index is 11.9. The van der Waals surface area contributed by atoms with Crippen LogP contribution in [0.2, 0.25) is 0 Å². The van der Waals surface area contributed by atoms with E-state index in [2.05, 4.69) is 13.8 Å². The van der Waals surface area contributed by atoms with Gasteiger partial charge >= 0.3 is 5.97 Å². The Bertz CT molecular complexity index is 235. The Morgan fingerprint density at radius 3 is 2.12 bits per heavy atom. The summed E-state index contributed by atoms with van der Waals surface area (Å²) < 4.78 is 5.90. The third-order valence-electron chi connectivity index (χ3n) is 4.32. The van der Waals surface area contributed by atoms with E-state index in [4.69, 9.17) is 4.74 Å². The van der Waals surface area contributed by atoms with Gasteiger partial charge in [-0.3, -0.25) is 4.79 Å². The minimum absolute atomic E-state index is 0.0175. The summed E-state index contributed by atoms with van der Waals surface area (Å²) in [4.78, 5) is 11.9. The largest absolute Gasteiger partial charge is 0.459 e. The minimum atomic E-state index is -0.193. The van der Waals surface area contributed by atoms with Crippen molar-refractivity contribution >= 4 is 5.97 Å². The molecule has 0 aromatic rings. The van der Waals surface area contributed by atoms with E-state index in [1.54, 1.807) is 0 Å². The predicted octanol–water partition coefficient (Wildman–Crippen LogP) is 4.32. The number of hydrogen-bond acceptors (Lipinski definition) is 2. The fourth-order valence-corrected chi connectivity index (χ4v) is 3.00. The van der Waals surface area contributed by atoms with Crippen LogP contribution < -0.4 is 0 Å². The lowest BCUT2D eigenvalue weighted by atomic mass is 9.74. The second kappa shape index (κ2) is 6.42. The number of rotatable bonds is 5. The summed E-state index contributed by atoms with van der Waals surface area (Å²) >= 11 is 0. The highest BCUT2D eigenvalue weighted by molar-refractivity contribution is 5.72. The molecule has 100 valence electrons. The zero-order valence-corrected chi connectivity index (χ0v) is 11.9. The molecule has 0 atom stereocenters. The van der Waals surface area contributed by atoms with E-state index in [-0.39, 0.29) is 17.5 Å². The van der Waals surface area contributed by atoms with Gasteiger partial charge in [0.2, 0.25) is 0 Å². The van der Waals surface area contributed by atoms with Crippen molar-refractivity contribution in [3.63, 3.8) is 0 Å². The van der Waals surface area contributed by atoms with Crippen LogP contribution in [-0.2, 0) is 9.53 Å². The molecule has 0 spiro atoms. The Hall–Kier alpha value is -0.530. The summed E-state index contributed by atoms with van der Waals surface area (Å²) in [7, 11) is 0. The summed E-state index contributed by atoms with van der Waals surface area (Å²) in [6.07, 6.45) is 8.30. The number of ether oxygens (including phenoxy) is 1. The molecule has 0 heterocycles. The van der Waals surface area contributed by atoms with Gasteiger partial charge in [0.1, 0.15) is 5.60 Å². The lowest BCUT2D eigenvalue weighted by Crippen LogP contribution is -2.43. The van der Waals surface area contributed by atoms with Gasteiger partial charge in [0.05, 0.1) is 5.92 Å². The smallest absolute Gasteiger partial charge is 0.308 e. The van der Waals surface area contributed by atoms with Crippen molar-refractivity contribution in [1.29, 1.82) is 0 Å². The minimum Gasteiger partial charge on any atom is -0.459 e. The molecule has 1 rings (SSSR count). The van der Waals surface area contributed by atoms with Crippen molar-refractivity contribution in [3.8, 4) is 0 Å². The van der Waals surface area contributed by atoms with Crippen molar-refractivity contribution in [2.45, 2.75) is 78.2 Å². The second-order valence-electron chi connectivity index (χ2n) is 5.68. The average molecular weight is 240 g/mol. The van der Waals surface area contributed by atoms with Crippen LogP contribution in [-0.4, -0.2) is 11.6 Å². The highest BCUT2D eigenvalue weighted by Gasteiger charge is 2.40. The van der Waals surface area contributed by atoms with E-state index < -0.39 is 0 Å². The van der Waals surface area contributed by atoms with E-state index in [1.165, 1.54) is 32.1 Å². The topological polar surface area (TPSA) is 26.3 Å². The summed E-state index contributed by atoms with van der Waals surface area (Å²) in [5.74, 6) is 0.532. The quantitative estimate of drug-likeness (QED) is 0.669. The molecular formula is C15H28O2. The van der Waals surface area contributed by atoms with Gasteiger partial charge in [-0.25, -0.2) is 0 Å². The fraction of sp³-hybridized carbons (Fsp3) is 0.933. The van der Waals surface area contributed by atoms with Gasteiger partial charge in [0.25, 0.3) is 0 Å². The molecule has 0 aromatic carbocycles. The number of hydrogen-bond donors (Lipinski definition) is 0. The third-order valence-corrected chi connectivity index (χ3v) is 4.32. The third kappa shape index (κ3) is 3.46. The monoisotopic (exact) mass is 240 g/mol.